The summed E-state index contributed by atoms with van der Waals surface area (Å²) in [5.41, 5.74) is 1.65. The molecule has 1 N–H and O–H groups in total. The average molecular weight is 457 g/mol. The molecule has 0 spiro atoms. The molecule has 8 heteroatoms. The Morgan fingerprint density at radius 1 is 1.23 bits per heavy atom. The zero-order valence-corrected chi connectivity index (χ0v) is 19.1. The van der Waals surface area contributed by atoms with Crippen molar-refractivity contribution in [3.8, 4) is 22.8 Å². The first kappa shape index (κ1) is 21.7. The summed E-state index contributed by atoms with van der Waals surface area (Å²) in [6, 6.07) is 15.5. The summed E-state index contributed by atoms with van der Waals surface area (Å²) in [4.78, 5) is 12.4. The Balaban J connectivity index is 1.61. The van der Waals surface area contributed by atoms with E-state index in [2.05, 4.69) is 22.4 Å². The van der Waals surface area contributed by atoms with E-state index in [4.69, 9.17) is 16.3 Å². The number of rotatable bonds is 9. The summed E-state index contributed by atoms with van der Waals surface area (Å²) >= 11 is 7.81. The maximum Gasteiger partial charge on any atom is 0.230 e. The second-order valence-electron chi connectivity index (χ2n) is 7.53. The van der Waals surface area contributed by atoms with Crippen LogP contribution in [-0.2, 0) is 4.79 Å². The van der Waals surface area contributed by atoms with Crippen LogP contribution in [0.3, 0.4) is 0 Å². The number of amides is 1. The summed E-state index contributed by atoms with van der Waals surface area (Å²) in [5, 5.41) is 13.1. The number of hydrogen-bond acceptors (Lipinski definition) is 5. The molecular formula is C23H25ClN4O2S. The zero-order valence-electron chi connectivity index (χ0n) is 17.5. The number of benzene rings is 2. The molecule has 1 aromatic heterocycles. The van der Waals surface area contributed by atoms with E-state index < -0.39 is 0 Å². The van der Waals surface area contributed by atoms with Gasteiger partial charge in [-0.25, -0.2) is 0 Å². The Morgan fingerprint density at radius 2 is 1.97 bits per heavy atom. The van der Waals surface area contributed by atoms with E-state index in [0.717, 1.165) is 17.0 Å². The quantitative estimate of drug-likeness (QED) is 0.459. The molecule has 0 saturated heterocycles. The smallest absolute Gasteiger partial charge is 0.230 e. The van der Waals surface area contributed by atoms with E-state index in [1.165, 1.54) is 24.6 Å². The summed E-state index contributed by atoms with van der Waals surface area (Å²) in [6.45, 7) is 4.62. The van der Waals surface area contributed by atoms with Gasteiger partial charge >= 0.3 is 0 Å². The highest BCUT2D eigenvalue weighted by atomic mass is 35.5. The molecule has 0 radical (unpaired) electrons. The molecule has 162 valence electrons. The fourth-order valence-corrected chi connectivity index (χ4v) is 4.39. The first-order valence-electron chi connectivity index (χ1n) is 10.4. The van der Waals surface area contributed by atoms with E-state index in [1.807, 2.05) is 60.0 Å². The van der Waals surface area contributed by atoms with E-state index in [-0.39, 0.29) is 17.7 Å². The third-order valence-electron chi connectivity index (χ3n) is 5.20. The van der Waals surface area contributed by atoms with Gasteiger partial charge in [0.2, 0.25) is 5.91 Å². The van der Waals surface area contributed by atoms with Gasteiger partial charge in [-0.15, -0.1) is 10.2 Å². The Hall–Kier alpha value is -2.51. The van der Waals surface area contributed by atoms with Gasteiger partial charge in [0.15, 0.2) is 11.0 Å². The van der Waals surface area contributed by atoms with Crippen LogP contribution in [0.25, 0.3) is 17.1 Å². The van der Waals surface area contributed by atoms with Crippen LogP contribution in [0.4, 0.5) is 0 Å². The number of carbonyl (C=O) groups excluding carboxylic acids is 1. The van der Waals surface area contributed by atoms with Crippen LogP contribution in [0.15, 0.2) is 53.7 Å². The molecule has 1 aliphatic rings. The highest BCUT2D eigenvalue weighted by Crippen LogP contribution is 2.33. The van der Waals surface area contributed by atoms with Crippen molar-refractivity contribution in [1.82, 2.24) is 20.1 Å². The first-order chi connectivity index (χ1) is 15.1. The number of carbonyl (C=O) groups is 1. The summed E-state index contributed by atoms with van der Waals surface area (Å²) in [6.07, 6.45) is 2.39. The Kier molecular flexibility index (Phi) is 6.83. The molecule has 6 nitrogen and oxygen atoms in total. The van der Waals surface area contributed by atoms with Gasteiger partial charge in [-0.3, -0.25) is 9.36 Å². The second-order valence-corrected chi connectivity index (χ2v) is 8.88. The lowest BCUT2D eigenvalue weighted by molar-refractivity contribution is -0.119. The van der Waals surface area contributed by atoms with Crippen molar-refractivity contribution < 1.29 is 9.53 Å². The fraction of sp³-hybridized carbons (Fsp3) is 0.348. The molecule has 1 saturated carbocycles. The summed E-state index contributed by atoms with van der Waals surface area (Å²) < 4.78 is 7.49. The number of halogens is 1. The van der Waals surface area contributed by atoms with Crippen LogP contribution in [0.1, 0.15) is 26.7 Å². The number of thioether (sulfide) groups is 1. The van der Waals surface area contributed by atoms with E-state index in [0.29, 0.717) is 28.5 Å². The number of nitrogens with zero attached hydrogens (tertiary/aromatic N) is 3. The lowest BCUT2D eigenvalue weighted by Crippen LogP contribution is -2.35. The lowest BCUT2D eigenvalue weighted by Gasteiger charge is -2.14. The Labute approximate surface area is 191 Å². The van der Waals surface area contributed by atoms with Crippen molar-refractivity contribution in [3.05, 3.63) is 53.6 Å². The van der Waals surface area contributed by atoms with Gasteiger partial charge < -0.3 is 10.1 Å². The van der Waals surface area contributed by atoms with Gasteiger partial charge in [0, 0.05) is 17.3 Å². The van der Waals surface area contributed by atoms with Crippen molar-refractivity contribution in [1.29, 1.82) is 0 Å². The van der Waals surface area contributed by atoms with Gasteiger partial charge in [0.05, 0.1) is 17.4 Å². The molecule has 1 aliphatic carbocycles. The number of ether oxygens (including phenoxy) is 1. The minimum atomic E-state index is 0.00457. The molecule has 4 rings (SSSR count). The maximum absolute atomic E-state index is 12.4. The van der Waals surface area contributed by atoms with Crippen molar-refractivity contribution in [2.24, 2.45) is 5.92 Å². The molecule has 2 aromatic carbocycles. The van der Waals surface area contributed by atoms with Crippen LogP contribution in [0.2, 0.25) is 5.02 Å². The van der Waals surface area contributed by atoms with E-state index in [1.54, 1.807) is 0 Å². The molecule has 31 heavy (non-hydrogen) atoms. The number of hydrogen-bond donors (Lipinski definition) is 1. The molecule has 1 fully saturated rings. The molecule has 0 aliphatic heterocycles. The van der Waals surface area contributed by atoms with Gasteiger partial charge in [0.25, 0.3) is 0 Å². The molecule has 1 unspecified atom stereocenters. The molecule has 1 amide bonds. The highest BCUT2D eigenvalue weighted by molar-refractivity contribution is 7.99. The third kappa shape index (κ3) is 5.22. The standard InChI is InChI=1S/C23H25ClN4O2S/c1-3-30-18-12-10-17(11-13-18)28-22(19-6-4-5-7-20(19)24)26-27-23(28)31-14-21(29)25-15(2)16-8-9-16/h4-7,10-13,15-16H,3,8-9,14H2,1-2H3,(H,25,29). The first-order valence-corrected chi connectivity index (χ1v) is 11.8. The normalized spacial score (nSPS) is 14.3. The summed E-state index contributed by atoms with van der Waals surface area (Å²) in [7, 11) is 0. The van der Waals surface area contributed by atoms with Crippen LogP contribution >= 0.6 is 23.4 Å². The summed E-state index contributed by atoms with van der Waals surface area (Å²) in [5.74, 6) is 2.32. The van der Waals surface area contributed by atoms with Crippen molar-refractivity contribution in [3.63, 3.8) is 0 Å². The number of nitrogens with one attached hydrogen (secondary N) is 1. The lowest BCUT2D eigenvalue weighted by atomic mass is 10.2. The predicted molar refractivity (Wildman–Crippen MR) is 124 cm³/mol. The van der Waals surface area contributed by atoms with Gasteiger partial charge in [-0.1, -0.05) is 35.5 Å². The largest absolute Gasteiger partial charge is 0.494 e. The molecule has 0 bridgehead atoms. The highest BCUT2D eigenvalue weighted by Gasteiger charge is 2.29. The Morgan fingerprint density at radius 3 is 2.65 bits per heavy atom. The van der Waals surface area contributed by atoms with Crippen molar-refractivity contribution in [2.75, 3.05) is 12.4 Å². The van der Waals surface area contributed by atoms with Crippen LogP contribution in [0.5, 0.6) is 5.75 Å². The molecule has 3 aromatic rings. The molecular weight excluding hydrogens is 432 g/mol. The van der Waals surface area contributed by atoms with E-state index >= 15 is 0 Å². The van der Waals surface area contributed by atoms with E-state index in [9.17, 15) is 4.79 Å². The zero-order chi connectivity index (χ0) is 21.8. The van der Waals surface area contributed by atoms with Crippen LogP contribution in [0, 0.1) is 5.92 Å². The Bertz CT molecular complexity index is 1050. The van der Waals surface area contributed by atoms with Crippen LogP contribution in [-0.4, -0.2) is 39.1 Å². The SMILES string of the molecule is CCOc1ccc(-n2c(SCC(=O)NC(C)C3CC3)nnc2-c2ccccc2Cl)cc1. The monoisotopic (exact) mass is 456 g/mol. The average Bonchev–Trinajstić information content (AvgIpc) is 3.54. The van der Waals surface area contributed by atoms with Gasteiger partial charge in [-0.2, -0.15) is 0 Å². The van der Waals surface area contributed by atoms with Gasteiger partial charge in [-0.05, 0) is 69.0 Å². The third-order valence-corrected chi connectivity index (χ3v) is 6.46. The fourth-order valence-electron chi connectivity index (χ4n) is 3.41. The second kappa shape index (κ2) is 9.75. The topological polar surface area (TPSA) is 69.0 Å². The molecule has 1 heterocycles. The van der Waals surface area contributed by atoms with Gasteiger partial charge in [0.1, 0.15) is 5.75 Å². The maximum atomic E-state index is 12.4. The number of aromatic nitrogens is 3. The minimum Gasteiger partial charge on any atom is -0.494 e. The molecule has 1 atom stereocenters. The van der Waals surface area contributed by atoms with Crippen molar-refractivity contribution in [2.45, 2.75) is 37.9 Å². The van der Waals surface area contributed by atoms with Crippen molar-refractivity contribution >= 4 is 29.3 Å². The minimum absolute atomic E-state index is 0.00457. The predicted octanol–water partition coefficient (Wildman–Crippen LogP) is 4.99. The van der Waals surface area contributed by atoms with Crippen LogP contribution < -0.4 is 10.1 Å².